The van der Waals surface area contributed by atoms with Crippen molar-refractivity contribution in [2.24, 2.45) is 0 Å². The molecule has 0 aliphatic carbocycles. The minimum Gasteiger partial charge on any atom is -0.381 e. The summed E-state index contributed by atoms with van der Waals surface area (Å²) in [7, 11) is 0. The Morgan fingerprint density at radius 3 is 2.64 bits per heavy atom. The molecule has 3 nitrogen and oxygen atoms in total. The van der Waals surface area contributed by atoms with Crippen LogP contribution in [0.5, 0.6) is 0 Å². The quantitative estimate of drug-likeness (QED) is 0.676. The number of ether oxygens (including phenoxy) is 1. The van der Waals surface area contributed by atoms with Gasteiger partial charge in [0.25, 0.3) is 0 Å². The van der Waals surface area contributed by atoms with Crippen molar-refractivity contribution in [3.63, 3.8) is 0 Å². The fourth-order valence-electron chi connectivity index (χ4n) is 2.67. The molecule has 0 atom stereocenters. The van der Waals surface area contributed by atoms with Crippen molar-refractivity contribution in [2.45, 2.75) is 38.3 Å². The molecule has 2 fully saturated rings. The van der Waals surface area contributed by atoms with Crippen molar-refractivity contribution < 1.29 is 4.74 Å². The summed E-state index contributed by atoms with van der Waals surface area (Å²) in [6.07, 6.45) is 2.42. The van der Waals surface area contributed by atoms with Crippen molar-refractivity contribution in [2.75, 3.05) is 32.8 Å². The number of rotatable bonds is 1. The second kappa shape index (κ2) is 4.17. The molecule has 0 spiro atoms. The van der Waals surface area contributed by atoms with Gasteiger partial charge >= 0.3 is 0 Å². The highest BCUT2D eigenvalue weighted by Crippen LogP contribution is 2.24. The number of hydrogen-bond donors (Lipinski definition) is 1. The molecule has 0 aromatic carbocycles. The van der Waals surface area contributed by atoms with Crippen LogP contribution < -0.4 is 5.32 Å². The van der Waals surface area contributed by atoms with Crippen LogP contribution in [0.2, 0.25) is 0 Å². The number of nitrogens with zero attached hydrogens (tertiary/aromatic N) is 1. The molecule has 0 unspecified atom stereocenters. The maximum absolute atomic E-state index is 5.42. The molecule has 82 valence electrons. The van der Waals surface area contributed by atoms with Crippen molar-refractivity contribution in [1.29, 1.82) is 0 Å². The largest absolute Gasteiger partial charge is 0.381 e. The van der Waals surface area contributed by atoms with E-state index in [0.29, 0.717) is 5.54 Å². The molecule has 2 aliphatic rings. The van der Waals surface area contributed by atoms with E-state index in [-0.39, 0.29) is 0 Å². The van der Waals surface area contributed by atoms with Gasteiger partial charge in [0.1, 0.15) is 0 Å². The normalized spacial score (nSPS) is 30.4. The van der Waals surface area contributed by atoms with Gasteiger partial charge in [-0.1, -0.05) is 0 Å². The van der Waals surface area contributed by atoms with Gasteiger partial charge in [-0.15, -0.1) is 0 Å². The van der Waals surface area contributed by atoms with Gasteiger partial charge in [0.15, 0.2) is 0 Å². The van der Waals surface area contributed by atoms with Gasteiger partial charge in [-0.25, -0.2) is 0 Å². The van der Waals surface area contributed by atoms with Gasteiger partial charge in [-0.2, -0.15) is 0 Å². The Balaban J connectivity index is 1.99. The third-order valence-electron chi connectivity index (χ3n) is 3.50. The second-order valence-electron chi connectivity index (χ2n) is 5.03. The van der Waals surface area contributed by atoms with Gasteiger partial charge in [0, 0.05) is 44.4 Å². The highest BCUT2D eigenvalue weighted by molar-refractivity contribution is 4.92. The molecule has 2 heterocycles. The first-order valence-corrected chi connectivity index (χ1v) is 5.75. The third-order valence-corrected chi connectivity index (χ3v) is 3.50. The zero-order valence-corrected chi connectivity index (χ0v) is 9.38. The molecular weight excluding hydrogens is 176 g/mol. The number of nitrogens with one attached hydrogen (secondary N) is 1. The van der Waals surface area contributed by atoms with E-state index in [2.05, 4.69) is 24.1 Å². The topological polar surface area (TPSA) is 24.5 Å². The minimum atomic E-state index is 0.320. The molecule has 0 aromatic rings. The molecule has 3 heteroatoms. The van der Waals surface area contributed by atoms with E-state index in [9.17, 15) is 0 Å². The summed E-state index contributed by atoms with van der Waals surface area (Å²) in [6, 6.07) is 0.751. The molecule has 0 amide bonds. The van der Waals surface area contributed by atoms with Crippen molar-refractivity contribution in [3.05, 3.63) is 0 Å². The lowest BCUT2D eigenvalue weighted by atomic mass is 9.94. The van der Waals surface area contributed by atoms with E-state index >= 15 is 0 Å². The molecule has 2 saturated heterocycles. The molecule has 2 rings (SSSR count). The van der Waals surface area contributed by atoms with Gasteiger partial charge in [0.2, 0.25) is 0 Å². The summed E-state index contributed by atoms with van der Waals surface area (Å²) in [5, 5.41) is 3.47. The van der Waals surface area contributed by atoms with Gasteiger partial charge in [-0.3, -0.25) is 4.90 Å². The fraction of sp³-hybridized carbons (Fsp3) is 1.00. The summed E-state index contributed by atoms with van der Waals surface area (Å²) in [4.78, 5) is 2.67. The van der Waals surface area contributed by atoms with Crippen molar-refractivity contribution in [3.8, 4) is 0 Å². The van der Waals surface area contributed by atoms with E-state index in [1.165, 1.54) is 19.4 Å². The molecule has 0 aromatic heterocycles. The predicted molar refractivity (Wildman–Crippen MR) is 57.5 cm³/mol. The van der Waals surface area contributed by atoms with E-state index in [1.807, 2.05) is 0 Å². The maximum atomic E-state index is 5.42. The third kappa shape index (κ3) is 2.10. The first-order valence-electron chi connectivity index (χ1n) is 5.75. The van der Waals surface area contributed by atoms with E-state index in [0.717, 1.165) is 32.3 Å². The highest BCUT2D eigenvalue weighted by atomic mass is 16.5. The summed E-state index contributed by atoms with van der Waals surface area (Å²) in [5.74, 6) is 0. The zero-order chi connectivity index (χ0) is 10.0. The molecular formula is C11H22N2O. The Hall–Kier alpha value is -0.120. The van der Waals surface area contributed by atoms with E-state index in [4.69, 9.17) is 4.74 Å². The molecule has 1 N–H and O–H groups in total. The number of hydrogen-bond acceptors (Lipinski definition) is 3. The Morgan fingerprint density at radius 1 is 1.29 bits per heavy atom. The summed E-state index contributed by atoms with van der Waals surface area (Å²) >= 11 is 0. The Morgan fingerprint density at radius 2 is 2.00 bits per heavy atom. The maximum Gasteiger partial charge on any atom is 0.0480 e. The van der Waals surface area contributed by atoms with Crippen LogP contribution >= 0.6 is 0 Å². The molecule has 14 heavy (non-hydrogen) atoms. The summed E-state index contributed by atoms with van der Waals surface area (Å²) in [6.45, 7) is 10.0. The Bertz CT molecular complexity index is 188. The van der Waals surface area contributed by atoms with Crippen LogP contribution in [-0.4, -0.2) is 49.3 Å². The molecule has 0 saturated carbocycles. The van der Waals surface area contributed by atoms with Crippen molar-refractivity contribution in [1.82, 2.24) is 10.2 Å². The lowest BCUT2D eigenvalue weighted by Crippen LogP contribution is -2.61. The van der Waals surface area contributed by atoms with E-state index in [1.54, 1.807) is 0 Å². The van der Waals surface area contributed by atoms with Crippen LogP contribution in [0.25, 0.3) is 0 Å². The van der Waals surface area contributed by atoms with Gasteiger partial charge < -0.3 is 10.1 Å². The predicted octanol–water partition coefficient (Wildman–Crippen LogP) is 0.849. The molecule has 0 bridgehead atoms. The lowest BCUT2D eigenvalue weighted by Gasteiger charge is -2.48. The van der Waals surface area contributed by atoms with Gasteiger partial charge in [-0.05, 0) is 26.7 Å². The van der Waals surface area contributed by atoms with Gasteiger partial charge in [0.05, 0.1) is 0 Å². The van der Waals surface area contributed by atoms with Crippen LogP contribution in [0.1, 0.15) is 26.7 Å². The van der Waals surface area contributed by atoms with Crippen molar-refractivity contribution >= 4 is 0 Å². The average Bonchev–Trinajstić information content (AvgIpc) is 2.18. The lowest BCUT2D eigenvalue weighted by molar-refractivity contribution is -0.0184. The highest BCUT2D eigenvalue weighted by Gasteiger charge is 2.35. The first-order chi connectivity index (χ1) is 6.70. The SMILES string of the molecule is CC1(C)CNCCN1C1CCOCC1. The molecule has 0 radical (unpaired) electrons. The fourth-order valence-corrected chi connectivity index (χ4v) is 2.67. The Kier molecular flexibility index (Phi) is 3.10. The smallest absolute Gasteiger partial charge is 0.0480 e. The Labute approximate surface area is 86.8 Å². The number of piperazine rings is 1. The first kappa shape index (κ1) is 10.4. The van der Waals surface area contributed by atoms with Crippen LogP contribution in [0, 0.1) is 0 Å². The minimum absolute atomic E-state index is 0.320. The van der Waals surface area contributed by atoms with Crippen LogP contribution in [-0.2, 0) is 4.74 Å². The van der Waals surface area contributed by atoms with Crippen LogP contribution in [0.15, 0.2) is 0 Å². The van der Waals surface area contributed by atoms with E-state index < -0.39 is 0 Å². The monoisotopic (exact) mass is 198 g/mol. The zero-order valence-electron chi connectivity index (χ0n) is 9.38. The second-order valence-corrected chi connectivity index (χ2v) is 5.03. The van der Waals surface area contributed by atoms with Crippen LogP contribution in [0.3, 0.4) is 0 Å². The standard InChI is InChI=1S/C11H22N2O/c1-11(2)9-12-5-6-13(11)10-3-7-14-8-4-10/h10,12H,3-9H2,1-2H3. The van der Waals surface area contributed by atoms with Crippen LogP contribution in [0.4, 0.5) is 0 Å². The molecule has 2 aliphatic heterocycles. The average molecular weight is 198 g/mol. The summed E-state index contributed by atoms with van der Waals surface area (Å²) < 4.78 is 5.42. The summed E-state index contributed by atoms with van der Waals surface area (Å²) in [5.41, 5.74) is 0.320.